The lowest BCUT2D eigenvalue weighted by Gasteiger charge is -2.35. The van der Waals surface area contributed by atoms with Gasteiger partial charge in [0.2, 0.25) is 5.95 Å². The number of halogens is 2. The quantitative estimate of drug-likeness (QED) is 0.604. The summed E-state index contributed by atoms with van der Waals surface area (Å²) >= 11 is 11.9. The van der Waals surface area contributed by atoms with E-state index in [2.05, 4.69) is 30.1 Å². The summed E-state index contributed by atoms with van der Waals surface area (Å²) in [6.07, 6.45) is 4.97. The Morgan fingerprint density at radius 3 is 2.42 bits per heavy atom. The molecule has 1 aliphatic rings. The zero-order chi connectivity index (χ0) is 21.6. The summed E-state index contributed by atoms with van der Waals surface area (Å²) in [5.74, 6) is 1.65. The number of ether oxygens (including phenoxy) is 1. The first-order chi connectivity index (χ1) is 15.1. The highest BCUT2D eigenvalue weighted by molar-refractivity contribution is 6.35. The number of amides is 1. The third-order valence-electron chi connectivity index (χ3n) is 4.71. The molecule has 1 N–H and O–H groups in total. The molecule has 1 saturated heterocycles. The van der Waals surface area contributed by atoms with Crippen molar-refractivity contribution in [3.8, 4) is 5.75 Å². The molecule has 31 heavy (non-hydrogen) atoms. The number of aromatic nitrogens is 3. The molecule has 3 heterocycles. The maximum atomic E-state index is 12.1. The number of nitrogens with one attached hydrogen (secondary N) is 1. The van der Waals surface area contributed by atoms with Gasteiger partial charge in [0, 0.05) is 37.4 Å². The predicted molar refractivity (Wildman–Crippen MR) is 121 cm³/mol. The van der Waals surface area contributed by atoms with Crippen molar-refractivity contribution < 1.29 is 9.53 Å². The van der Waals surface area contributed by atoms with E-state index in [-0.39, 0.29) is 12.5 Å². The average molecular weight is 459 g/mol. The van der Waals surface area contributed by atoms with Crippen LogP contribution >= 0.6 is 23.2 Å². The van der Waals surface area contributed by atoms with Crippen molar-refractivity contribution in [1.29, 1.82) is 0 Å². The minimum atomic E-state index is -0.341. The monoisotopic (exact) mass is 458 g/mol. The molecular formula is C21H20Cl2N6O2. The third kappa shape index (κ3) is 5.53. The van der Waals surface area contributed by atoms with Gasteiger partial charge in [0.25, 0.3) is 5.91 Å². The number of nitrogens with zero attached hydrogens (tertiary/aromatic N) is 5. The van der Waals surface area contributed by atoms with Crippen LogP contribution in [0, 0.1) is 0 Å². The van der Waals surface area contributed by atoms with E-state index >= 15 is 0 Å². The van der Waals surface area contributed by atoms with Crippen molar-refractivity contribution in [3.05, 3.63) is 65.0 Å². The van der Waals surface area contributed by atoms with Gasteiger partial charge in [-0.15, -0.1) is 0 Å². The second kappa shape index (κ2) is 9.80. The second-order valence-electron chi connectivity index (χ2n) is 6.85. The van der Waals surface area contributed by atoms with Gasteiger partial charge in [-0.05, 0) is 30.3 Å². The Hall–Kier alpha value is -3.10. The highest BCUT2D eigenvalue weighted by Gasteiger charge is 2.19. The van der Waals surface area contributed by atoms with E-state index in [0.29, 0.717) is 27.4 Å². The standard InChI is InChI=1S/C21H20Cl2N6O2/c22-15-4-5-18(17(23)11-15)31-14-20(30)27-16-12-25-21(26-13-16)29-9-7-28(8-10-29)19-3-1-2-6-24-19/h1-6,11-13H,7-10,14H2,(H,27,30). The Morgan fingerprint density at radius 2 is 1.74 bits per heavy atom. The van der Waals surface area contributed by atoms with Crippen LogP contribution in [0.2, 0.25) is 10.0 Å². The summed E-state index contributed by atoms with van der Waals surface area (Å²) in [6, 6.07) is 10.7. The van der Waals surface area contributed by atoms with E-state index in [1.165, 1.54) is 0 Å². The SMILES string of the molecule is O=C(COc1ccc(Cl)cc1Cl)Nc1cnc(N2CCN(c3ccccn3)CC2)nc1. The van der Waals surface area contributed by atoms with Crippen molar-refractivity contribution in [2.24, 2.45) is 0 Å². The molecule has 10 heteroatoms. The van der Waals surface area contributed by atoms with Crippen molar-refractivity contribution in [3.63, 3.8) is 0 Å². The molecule has 0 radical (unpaired) electrons. The van der Waals surface area contributed by atoms with Crippen LogP contribution in [0.5, 0.6) is 5.75 Å². The highest BCUT2D eigenvalue weighted by atomic mass is 35.5. The smallest absolute Gasteiger partial charge is 0.262 e. The first-order valence-electron chi connectivity index (χ1n) is 9.69. The van der Waals surface area contributed by atoms with E-state index in [9.17, 15) is 4.79 Å². The van der Waals surface area contributed by atoms with Gasteiger partial charge >= 0.3 is 0 Å². The summed E-state index contributed by atoms with van der Waals surface area (Å²) in [4.78, 5) is 29.6. The van der Waals surface area contributed by atoms with Gasteiger partial charge in [-0.1, -0.05) is 29.3 Å². The Labute approximate surface area is 189 Å². The molecule has 0 saturated carbocycles. The summed E-state index contributed by atoms with van der Waals surface area (Å²) in [5.41, 5.74) is 0.492. The number of pyridine rings is 1. The van der Waals surface area contributed by atoms with E-state index in [1.54, 1.807) is 36.8 Å². The van der Waals surface area contributed by atoms with E-state index in [4.69, 9.17) is 27.9 Å². The molecule has 0 spiro atoms. The van der Waals surface area contributed by atoms with Crippen LogP contribution < -0.4 is 19.9 Å². The molecule has 1 amide bonds. The van der Waals surface area contributed by atoms with Gasteiger partial charge in [-0.3, -0.25) is 4.79 Å². The first-order valence-corrected chi connectivity index (χ1v) is 10.4. The molecular weight excluding hydrogens is 439 g/mol. The highest BCUT2D eigenvalue weighted by Crippen LogP contribution is 2.27. The topological polar surface area (TPSA) is 83.5 Å². The normalized spacial score (nSPS) is 13.7. The summed E-state index contributed by atoms with van der Waals surface area (Å²) in [5, 5.41) is 3.55. The molecule has 0 unspecified atom stereocenters. The zero-order valence-corrected chi connectivity index (χ0v) is 18.1. The maximum absolute atomic E-state index is 12.1. The van der Waals surface area contributed by atoms with Crippen LogP contribution in [0.15, 0.2) is 55.0 Å². The number of anilines is 3. The van der Waals surface area contributed by atoms with Gasteiger partial charge < -0.3 is 19.9 Å². The minimum Gasteiger partial charge on any atom is -0.482 e. The Morgan fingerprint density at radius 1 is 1.00 bits per heavy atom. The Kier molecular flexibility index (Phi) is 6.69. The molecule has 8 nitrogen and oxygen atoms in total. The van der Waals surface area contributed by atoms with Gasteiger partial charge in [-0.25, -0.2) is 15.0 Å². The lowest BCUT2D eigenvalue weighted by atomic mass is 10.3. The van der Waals surface area contributed by atoms with Crippen LogP contribution in [0.25, 0.3) is 0 Å². The molecule has 0 bridgehead atoms. The number of benzene rings is 1. The zero-order valence-electron chi connectivity index (χ0n) is 16.5. The number of hydrogen-bond acceptors (Lipinski definition) is 7. The molecule has 1 aliphatic heterocycles. The van der Waals surface area contributed by atoms with Crippen LogP contribution in [0.4, 0.5) is 17.5 Å². The van der Waals surface area contributed by atoms with Gasteiger partial charge in [-0.2, -0.15) is 0 Å². The fourth-order valence-corrected chi connectivity index (χ4v) is 3.62. The van der Waals surface area contributed by atoms with Crippen LogP contribution in [-0.4, -0.2) is 53.6 Å². The lowest BCUT2D eigenvalue weighted by molar-refractivity contribution is -0.118. The average Bonchev–Trinajstić information content (AvgIpc) is 2.80. The number of rotatable bonds is 6. The predicted octanol–water partition coefficient (Wildman–Crippen LogP) is 3.52. The Bertz CT molecular complexity index is 1030. The van der Waals surface area contributed by atoms with E-state index < -0.39 is 0 Å². The Balaban J connectivity index is 1.27. The lowest BCUT2D eigenvalue weighted by Crippen LogP contribution is -2.47. The molecule has 1 fully saturated rings. The summed E-state index contributed by atoms with van der Waals surface area (Å²) < 4.78 is 5.43. The van der Waals surface area contributed by atoms with Crippen LogP contribution in [0.1, 0.15) is 0 Å². The van der Waals surface area contributed by atoms with Crippen molar-refractivity contribution in [1.82, 2.24) is 15.0 Å². The number of hydrogen-bond donors (Lipinski definition) is 1. The second-order valence-corrected chi connectivity index (χ2v) is 7.69. The number of carbonyl (C=O) groups excluding carboxylic acids is 1. The van der Waals surface area contributed by atoms with Gasteiger partial charge in [0.15, 0.2) is 6.61 Å². The molecule has 3 aromatic rings. The van der Waals surface area contributed by atoms with Crippen molar-refractivity contribution >= 4 is 46.6 Å². The molecule has 0 atom stereocenters. The molecule has 160 valence electrons. The first kappa shape index (κ1) is 21.1. The third-order valence-corrected chi connectivity index (χ3v) is 5.24. The number of carbonyl (C=O) groups is 1. The van der Waals surface area contributed by atoms with Crippen molar-refractivity contribution in [2.75, 3.05) is 47.9 Å². The minimum absolute atomic E-state index is 0.196. The van der Waals surface area contributed by atoms with Crippen molar-refractivity contribution in [2.45, 2.75) is 0 Å². The summed E-state index contributed by atoms with van der Waals surface area (Å²) in [7, 11) is 0. The van der Waals surface area contributed by atoms with Crippen LogP contribution in [0.3, 0.4) is 0 Å². The van der Waals surface area contributed by atoms with E-state index in [0.717, 1.165) is 32.0 Å². The fraction of sp³-hybridized carbons (Fsp3) is 0.238. The number of piperazine rings is 1. The maximum Gasteiger partial charge on any atom is 0.262 e. The summed E-state index contributed by atoms with van der Waals surface area (Å²) in [6.45, 7) is 3.06. The van der Waals surface area contributed by atoms with Crippen LogP contribution in [-0.2, 0) is 4.79 Å². The van der Waals surface area contributed by atoms with Gasteiger partial charge in [0.1, 0.15) is 11.6 Å². The fourth-order valence-electron chi connectivity index (χ4n) is 3.16. The molecule has 0 aliphatic carbocycles. The molecule has 2 aromatic heterocycles. The molecule has 1 aromatic carbocycles. The molecule has 4 rings (SSSR count). The van der Waals surface area contributed by atoms with Gasteiger partial charge in [0.05, 0.1) is 23.1 Å². The van der Waals surface area contributed by atoms with E-state index in [1.807, 2.05) is 18.2 Å². The largest absolute Gasteiger partial charge is 0.482 e.